The molecule has 2 N–H and O–H groups in total. The molecule has 0 saturated carbocycles. The number of carbonyl (C=O) groups is 2. The molecule has 0 aromatic heterocycles. The average molecular weight is 393 g/mol. The zero-order valence-corrected chi connectivity index (χ0v) is 16.7. The second-order valence-corrected chi connectivity index (χ2v) is 7.32. The molecule has 0 unspecified atom stereocenters. The summed E-state index contributed by atoms with van der Waals surface area (Å²) in [6, 6.07) is 13.8. The normalized spacial score (nSPS) is 14.6. The van der Waals surface area contributed by atoms with Gasteiger partial charge in [0.25, 0.3) is 5.91 Å². The van der Waals surface area contributed by atoms with Crippen molar-refractivity contribution in [1.29, 1.82) is 0 Å². The van der Waals surface area contributed by atoms with Crippen molar-refractivity contribution in [3.63, 3.8) is 0 Å². The van der Waals surface area contributed by atoms with Crippen molar-refractivity contribution in [1.82, 2.24) is 5.32 Å². The Bertz CT molecular complexity index is 869. The Labute approximate surface area is 171 Å². The standard InChI is InChI=1S/C24H27NO4/c1-17(23(27)25-16-15-18-5-3-2-4-6-18)29-24(28)21-9-7-19(8-10-21)20-11-13-22(26)14-12-20/h5,7-14,17,26H,2-4,6,15-16H2,1H3,(H,25,27)/t17-/m1/s1. The van der Waals surface area contributed by atoms with E-state index in [0.29, 0.717) is 12.1 Å². The summed E-state index contributed by atoms with van der Waals surface area (Å²) < 4.78 is 5.30. The summed E-state index contributed by atoms with van der Waals surface area (Å²) in [5.74, 6) is -0.605. The van der Waals surface area contributed by atoms with E-state index in [-0.39, 0.29) is 11.7 Å². The van der Waals surface area contributed by atoms with Crippen LogP contribution in [0.5, 0.6) is 5.75 Å². The van der Waals surface area contributed by atoms with Crippen LogP contribution < -0.4 is 5.32 Å². The van der Waals surface area contributed by atoms with Crippen molar-refractivity contribution in [3.05, 3.63) is 65.7 Å². The Morgan fingerprint density at radius 1 is 1.03 bits per heavy atom. The number of nitrogens with one attached hydrogen (secondary N) is 1. The molecule has 1 amide bonds. The van der Waals surface area contributed by atoms with Gasteiger partial charge in [0.2, 0.25) is 0 Å². The van der Waals surface area contributed by atoms with Crippen molar-refractivity contribution in [3.8, 4) is 16.9 Å². The van der Waals surface area contributed by atoms with Crippen LogP contribution in [0.1, 0.15) is 49.4 Å². The van der Waals surface area contributed by atoms with Gasteiger partial charge in [-0.25, -0.2) is 4.79 Å². The summed E-state index contributed by atoms with van der Waals surface area (Å²) in [7, 11) is 0. The predicted octanol–water partition coefficient (Wildman–Crippen LogP) is 4.61. The quantitative estimate of drug-likeness (QED) is 0.532. The molecule has 152 valence electrons. The van der Waals surface area contributed by atoms with Crippen LogP contribution in [0.25, 0.3) is 11.1 Å². The van der Waals surface area contributed by atoms with Crippen LogP contribution in [-0.4, -0.2) is 29.6 Å². The SMILES string of the molecule is C[C@@H](OC(=O)c1ccc(-c2ccc(O)cc2)cc1)C(=O)NCCC1=CCCCC1. The highest BCUT2D eigenvalue weighted by atomic mass is 16.5. The molecule has 1 aliphatic rings. The lowest BCUT2D eigenvalue weighted by Gasteiger charge is -2.15. The lowest BCUT2D eigenvalue weighted by atomic mass is 9.97. The van der Waals surface area contributed by atoms with Crippen LogP contribution in [0.2, 0.25) is 0 Å². The van der Waals surface area contributed by atoms with Crippen molar-refractivity contribution >= 4 is 11.9 Å². The second kappa shape index (κ2) is 9.92. The molecule has 0 radical (unpaired) electrons. The second-order valence-electron chi connectivity index (χ2n) is 7.32. The Morgan fingerprint density at radius 3 is 2.31 bits per heavy atom. The van der Waals surface area contributed by atoms with Crippen molar-refractivity contribution in [2.24, 2.45) is 0 Å². The number of ether oxygens (including phenoxy) is 1. The Kier molecular flexibility index (Phi) is 7.06. The van der Waals surface area contributed by atoms with Gasteiger partial charge in [0.05, 0.1) is 5.56 Å². The first-order valence-corrected chi connectivity index (χ1v) is 10.1. The smallest absolute Gasteiger partial charge is 0.338 e. The molecule has 0 heterocycles. The highest BCUT2D eigenvalue weighted by Crippen LogP contribution is 2.22. The van der Waals surface area contributed by atoms with E-state index in [1.54, 1.807) is 43.3 Å². The molecule has 3 rings (SSSR count). The predicted molar refractivity (Wildman–Crippen MR) is 113 cm³/mol. The van der Waals surface area contributed by atoms with Crippen LogP contribution in [0.3, 0.4) is 0 Å². The van der Waals surface area contributed by atoms with Gasteiger partial charge in [0, 0.05) is 6.54 Å². The summed E-state index contributed by atoms with van der Waals surface area (Å²) in [5, 5.41) is 12.2. The Morgan fingerprint density at radius 2 is 1.69 bits per heavy atom. The third-order valence-electron chi connectivity index (χ3n) is 5.10. The van der Waals surface area contributed by atoms with Crippen LogP contribution in [-0.2, 0) is 9.53 Å². The maximum absolute atomic E-state index is 12.3. The zero-order chi connectivity index (χ0) is 20.6. The molecule has 2 aromatic carbocycles. The number of phenols is 1. The summed E-state index contributed by atoms with van der Waals surface area (Å²) >= 11 is 0. The topological polar surface area (TPSA) is 75.6 Å². The lowest BCUT2D eigenvalue weighted by molar-refractivity contribution is -0.129. The molecule has 29 heavy (non-hydrogen) atoms. The largest absolute Gasteiger partial charge is 0.508 e. The molecular formula is C24H27NO4. The van der Waals surface area contributed by atoms with Gasteiger partial charge in [0.1, 0.15) is 5.75 Å². The van der Waals surface area contributed by atoms with Crippen molar-refractivity contribution < 1.29 is 19.4 Å². The number of amides is 1. The fourth-order valence-electron chi connectivity index (χ4n) is 3.36. The average Bonchev–Trinajstić information content (AvgIpc) is 2.75. The molecule has 5 heteroatoms. The Hall–Kier alpha value is -3.08. The van der Waals surface area contributed by atoms with E-state index in [1.807, 2.05) is 12.1 Å². The number of phenolic OH excluding ortho intramolecular Hbond substituents is 1. The van der Waals surface area contributed by atoms with Gasteiger partial charge in [-0.2, -0.15) is 0 Å². The fraction of sp³-hybridized carbons (Fsp3) is 0.333. The van der Waals surface area contributed by atoms with Crippen LogP contribution >= 0.6 is 0 Å². The lowest BCUT2D eigenvalue weighted by Crippen LogP contribution is -2.36. The van der Waals surface area contributed by atoms with E-state index in [2.05, 4.69) is 11.4 Å². The van der Waals surface area contributed by atoms with E-state index < -0.39 is 12.1 Å². The molecule has 5 nitrogen and oxygen atoms in total. The summed E-state index contributed by atoms with van der Waals surface area (Å²) in [4.78, 5) is 24.5. The number of aromatic hydroxyl groups is 1. The van der Waals surface area contributed by atoms with E-state index >= 15 is 0 Å². The third-order valence-corrected chi connectivity index (χ3v) is 5.10. The summed E-state index contributed by atoms with van der Waals surface area (Å²) in [6.45, 7) is 2.14. The molecule has 0 saturated heterocycles. The zero-order valence-electron chi connectivity index (χ0n) is 16.7. The number of allylic oxidation sites excluding steroid dienone is 1. The molecule has 1 atom stereocenters. The number of hydrogen-bond donors (Lipinski definition) is 2. The van der Waals surface area contributed by atoms with E-state index in [4.69, 9.17) is 4.74 Å². The monoisotopic (exact) mass is 393 g/mol. The van der Waals surface area contributed by atoms with Gasteiger partial charge >= 0.3 is 5.97 Å². The van der Waals surface area contributed by atoms with Crippen LogP contribution in [0, 0.1) is 0 Å². The maximum atomic E-state index is 12.3. The summed E-state index contributed by atoms with van der Waals surface area (Å²) in [5.41, 5.74) is 3.64. The van der Waals surface area contributed by atoms with Gasteiger partial charge in [-0.15, -0.1) is 0 Å². The van der Waals surface area contributed by atoms with Gasteiger partial charge in [-0.05, 0) is 74.4 Å². The van der Waals surface area contributed by atoms with Gasteiger partial charge < -0.3 is 15.2 Å². The molecule has 0 bridgehead atoms. The first-order chi connectivity index (χ1) is 14.0. The minimum atomic E-state index is -0.848. The third kappa shape index (κ3) is 5.95. The highest BCUT2D eigenvalue weighted by molar-refractivity contribution is 5.92. The molecule has 1 aliphatic carbocycles. The Balaban J connectivity index is 1.48. The molecule has 0 spiro atoms. The van der Waals surface area contributed by atoms with Gasteiger partial charge in [-0.3, -0.25) is 4.79 Å². The maximum Gasteiger partial charge on any atom is 0.338 e. The molecule has 2 aromatic rings. The minimum absolute atomic E-state index is 0.205. The number of hydrogen-bond acceptors (Lipinski definition) is 4. The molecular weight excluding hydrogens is 366 g/mol. The number of carbonyl (C=O) groups excluding carboxylic acids is 2. The fourth-order valence-corrected chi connectivity index (χ4v) is 3.36. The first-order valence-electron chi connectivity index (χ1n) is 10.1. The minimum Gasteiger partial charge on any atom is -0.508 e. The van der Waals surface area contributed by atoms with Gasteiger partial charge in [-0.1, -0.05) is 35.9 Å². The van der Waals surface area contributed by atoms with E-state index in [1.165, 1.54) is 18.4 Å². The number of rotatable bonds is 7. The van der Waals surface area contributed by atoms with E-state index in [0.717, 1.165) is 30.4 Å². The molecule has 0 fully saturated rings. The molecule has 0 aliphatic heterocycles. The highest BCUT2D eigenvalue weighted by Gasteiger charge is 2.18. The first kappa shape index (κ1) is 20.6. The van der Waals surface area contributed by atoms with E-state index in [9.17, 15) is 14.7 Å². The van der Waals surface area contributed by atoms with Crippen LogP contribution in [0.4, 0.5) is 0 Å². The van der Waals surface area contributed by atoms with Gasteiger partial charge in [0.15, 0.2) is 6.10 Å². The number of benzene rings is 2. The van der Waals surface area contributed by atoms with Crippen molar-refractivity contribution in [2.75, 3.05) is 6.54 Å². The van der Waals surface area contributed by atoms with Crippen LogP contribution in [0.15, 0.2) is 60.2 Å². The summed E-state index contributed by atoms with van der Waals surface area (Å²) in [6.07, 6.45) is 6.98. The van der Waals surface area contributed by atoms with Crippen molar-refractivity contribution in [2.45, 2.75) is 45.1 Å². The number of esters is 1.